The first kappa shape index (κ1) is 13.1. The van der Waals surface area contributed by atoms with Crippen molar-refractivity contribution >= 4 is 11.8 Å². The molecule has 1 heterocycles. The Hall–Kier alpha value is -0.860. The van der Waals surface area contributed by atoms with Gasteiger partial charge in [-0.3, -0.25) is 14.5 Å². The van der Waals surface area contributed by atoms with Crippen LogP contribution in [0.5, 0.6) is 0 Å². The Morgan fingerprint density at radius 1 is 1.21 bits per heavy atom. The number of carbonyl (C=O) groups excluding carboxylic acids is 2. The third-order valence-electron chi connectivity index (χ3n) is 2.35. The van der Waals surface area contributed by atoms with Crippen molar-refractivity contribution in [2.75, 3.05) is 6.54 Å². The molecule has 1 atom stereocenters. The van der Waals surface area contributed by atoms with Crippen molar-refractivity contribution in [1.29, 1.82) is 0 Å². The maximum atomic E-state index is 11.1. The van der Waals surface area contributed by atoms with Crippen molar-refractivity contribution < 1.29 is 9.59 Å². The number of hydrogen-bond acceptors (Lipinski definition) is 2. The smallest absolute Gasteiger partial charge is 0.229 e. The number of amides is 2. The maximum absolute atomic E-state index is 11.1. The van der Waals surface area contributed by atoms with E-state index in [1.54, 1.807) is 0 Å². The minimum Gasteiger partial charge on any atom is -0.282 e. The van der Waals surface area contributed by atoms with Crippen molar-refractivity contribution in [2.45, 2.75) is 47.0 Å². The van der Waals surface area contributed by atoms with Crippen LogP contribution in [0.25, 0.3) is 0 Å². The molecule has 0 saturated carbocycles. The molecule has 1 fully saturated rings. The van der Waals surface area contributed by atoms with Gasteiger partial charge in [-0.15, -0.1) is 0 Å². The molecule has 1 aliphatic heterocycles. The number of imide groups is 1. The Bertz CT molecular complexity index is 185. The van der Waals surface area contributed by atoms with E-state index in [9.17, 15) is 9.59 Å². The highest BCUT2D eigenvalue weighted by Crippen LogP contribution is 2.14. The molecule has 0 aromatic heterocycles. The standard InChI is InChI=1S/C9H15NO2.C2H6/c1-3-7(2)6-10-8(11)4-5-9(10)12;1-2/h7H,3-6H2,1-2H3;1-2H3. The molecule has 0 aromatic rings. The average Bonchev–Trinajstić information content (AvgIpc) is 2.52. The average molecular weight is 199 g/mol. The van der Waals surface area contributed by atoms with Crippen LogP contribution >= 0.6 is 0 Å². The number of nitrogens with zero attached hydrogens (tertiary/aromatic N) is 1. The summed E-state index contributed by atoms with van der Waals surface area (Å²) in [5, 5.41) is 0. The van der Waals surface area contributed by atoms with Crippen LogP contribution in [-0.2, 0) is 9.59 Å². The van der Waals surface area contributed by atoms with Crippen LogP contribution in [-0.4, -0.2) is 23.3 Å². The highest BCUT2D eigenvalue weighted by Gasteiger charge is 2.29. The second-order valence-corrected chi connectivity index (χ2v) is 3.41. The Morgan fingerprint density at radius 2 is 1.64 bits per heavy atom. The van der Waals surface area contributed by atoms with Crippen molar-refractivity contribution in [3.8, 4) is 0 Å². The molecule has 82 valence electrons. The van der Waals surface area contributed by atoms with Crippen LogP contribution < -0.4 is 0 Å². The predicted molar refractivity (Wildman–Crippen MR) is 56.8 cm³/mol. The lowest BCUT2D eigenvalue weighted by Gasteiger charge is -2.17. The molecule has 0 aliphatic carbocycles. The zero-order chi connectivity index (χ0) is 11.1. The fourth-order valence-electron chi connectivity index (χ4n) is 1.27. The van der Waals surface area contributed by atoms with E-state index in [4.69, 9.17) is 0 Å². The lowest BCUT2D eigenvalue weighted by atomic mass is 10.1. The predicted octanol–water partition coefficient (Wildman–Crippen LogP) is 2.21. The lowest BCUT2D eigenvalue weighted by Crippen LogP contribution is -2.33. The van der Waals surface area contributed by atoms with Crippen LogP contribution in [0.2, 0.25) is 0 Å². The summed E-state index contributed by atoms with van der Waals surface area (Å²) in [4.78, 5) is 23.7. The molecule has 1 unspecified atom stereocenters. The highest BCUT2D eigenvalue weighted by molar-refractivity contribution is 6.01. The van der Waals surface area contributed by atoms with Crippen LogP contribution in [0.15, 0.2) is 0 Å². The SMILES string of the molecule is CC.CCC(C)CN1C(=O)CCC1=O. The molecule has 1 rings (SSSR count). The molecule has 14 heavy (non-hydrogen) atoms. The largest absolute Gasteiger partial charge is 0.282 e. The summed E-state index contributed by atoms with van der Waals surface area (Å²) < 4.78 is 0. The Labute approximate surface area is 86.5 Å². The van der Waals surface area contributed by atoms with Gasteiger partial charge in [0.1, 0.15) is 0 Å². The monoisotopic (exact) mass is 199 g/mol. The van der Waals surface area contributed by atoms with Crippen molar-refractivity contribution in [3.05, 3.63) is 0 Å². The van der Waals surface area contributed by atoms with Gasteiger partial charge in [-0.2, -0.15) is 0 Å². The zero-order valence-corrected chi connectivity index (χ0v) is 9.67. The molecule has 0 N–H and O–H groups in total. The van der Waals surface area contributed by atoms with Gasteiger partial charge in [0.2, 0.25) is 11.8 Å². The zero-order valence-electron chi connectivity index (χ0n) is 9.67. The Kier molecular flexibility index (Phi) is 6.17. The number of carbonyl (C=O) groups is 2. The Balaban J connectivity index is 0.000000791. The van der Waals surface area contributed by atoms with Crippen LogP contribution in [0, 0.1) is 5.92 Å². The van der Waals surface area contributed by atoms with Gasteiger partial charge in [-0.1, -0.05) is 34.1 Å². The molecule has 0 aromatic carbocycles. The van der Waals surface area contributed by atoms with Gasteiger partial charge >= 0.3 is 0 Å². The van der Waals surface area contributed by atoms with Crippen molar-refractivity contribution in [2.24, 2.45) is 5.92 Å². The number of likely N-dealkylation sites (tertiary alicyclic amines) is 1. The van der Waals surface area contributed by atoms with E-state index in [1.807, 2.05) is 13.8 Å². The van der Waals surface area contributed by atoms with Crippen LogP contribution in [0.3, 0.4) is 0 Å². The molecular formula is C11H21NO2. The normalized spacial score (nSPS) is 17.9. The van der Waals surface area contributed by atoms with Gasteiger partial charge in [0.05, 0.1) is 0 Å². The molecule has 0 spiro atoms. The van der Waals surface area contributed by atoms with Gasteiger partial charge < -0.3 is 0 Å². The summed E-state index contributed by atoms with van der Waals surface area (Å²) in [7, 11) is 0. The third kappa shape index (κ3) is 3.48. The van der Waals surface area contributed by atoms with Gasteiger partial charge in [0.25, 0.3) is 0 Å². The summed E-state index contributed by atoms with van der Waals surface area (Å²) in [6, 6.07) is 0. The molecule has 1 saturated heterocycles. The number of hydrogen-bond donors (Lipinski definition) is 0. The van der Waals surface area contributed by atoms with Gasteiger partial charge in [0, 0.05) is 19.4 Å². The quantitative estimate of drug-likeness (QED) is 0.653. The van der Waals surface area contributed by atoms with Crippen LogP contribution in [0.4, 0.5) is 0 Å². The number of rotatable bonds is 3. The van der Waals surface area contributed by atoms with Crippen LogP contribution in [0.1, 0.15) is 47.0 Å². The second kappa shape index (κ2) is 6.57. The molecule has 2 amide bonds. The van der Waals surface area contributed by atoms with Gasteiger partial charge in [-0.25, -0.2) is 0 Å². The van der Waals surface area contributed by atoms with E-state index in [2.05, 4.69) is 13.8 Å². The van der Waals surface area contributed by atoms with E-state index < -0.39 is 0 Å². The molecule has 3 heteroatoms. The minimum atomic E-state index is 0.000278. The molecule has 0 radical (unpaired) electrons. The fourth-order valence-corrected chi connectivity index (χ4v) is 1.27. The minimum absolute atomic E-state index is 0.000278. The van der Waals surface area contributed by atoms with Gasteiger partial charge in [-0.05, 0) is 5.92 Å². The van der Waals surface area contributed by atoms with Crippen molar-refractivity contribution in [3.63, 3.8) is 0 Å². The van der Waals surface area contributed by atoms with E-state index >= 15 is 0 Å². The summed E-state index contributed by atoms with van der Waals surface area (Å²) in [6.07, 6.45) is 1.83. The molecule has 3 nitrogen and oxygen atoms in total. The topological polar surface area (TPSA) is 37.4 Å². The van der Waals surface area contributed by atoms with E-state index in [-0.39, 0.29) is 11.8 Å². The summed E-state index contributed by atoms with van der Waals surface area (Å²) in [5.74, 6) is 0.427. The second-order valence-electron chi connectivity index (χ2n) is 3.41. The summed E-state index contributed by atoms with van der Waals surface area (Å²) >= 11 is 0. The van der Waals surface area contributed by atoms with E-state index in [0.29, 0.717) is 25.3 Å². The summed E-state index contributed by atoms with van der Waals surface area (Å²) in [6.45, 7) is 8.72. The van der Waals surface area contributed by atoms with E-state index in [0.717, 1.165) is 6.42 Å². The molecule has 0 bridgehead atoms. The molecule has 1 aliphatic rings. The Morgan fingerprint density at radius 3 is 2.00 bits per heavy atom. The van der Waals surface area contributed by atoms with E-state index in [1.165, 1.54) is 4.90 Å². The summed E-state index contributed by atoms with van der Waals surface area (Å²) in [5.41, 5.74) is 0. The first-order valence-corrected chi connectivity index (χ1v) is 5.48. The lowest BCUT2D eigenvalue weighted by molar-refractivity contribution is -0.139. The first-order chi connectivity index (χ1) is 6.65. The molecular weight excluding hydrogens is 178 g/mol. The highest BCUT2D eigenvalue weighted by atomic mass is 16.2. The first-order valence-electron chi connectivity index (χ1n) is 5.48. The third-order valence-corrected chi connectivity index (χ3v) is 2.35. The fraction of sp³-hybridized carbons (Fsp3) is 0.818. The maximum Gasteiger partial charge on any atom is 0.229 e. The van der Waals surface area contributed by atoms with Crippen molar-refractivity contribution in [1.82, 2.24) is 4.90 Å². The van der Waals surface area contributed by atoms with Gasteiger partial charge in [0.15, 0.2) is 0 Å².